The van der Waals surface area contributed by atoms with Crippen molar-refractivity contribution in [1.29, 1.82) is 0 Å². The number of rotatable bonds is 9. The highest BCUT2D eigenvalue weighted by Gasteiger charge is 2.07. The lowest BCUT2D eigenvalue weighted by Crippen LogP contribution is -2.30. The summed E-state index contributed by atoms with van der Waals surface area (Å²) in [7, 11) is 3.36. The highest BCUT2D eigenvalue weighted by atomic mass is 16.5. The van der Waals surface area contributed by atoms with Gasteiger partial charge in [-0.25, -0.2) is 0 Å². The van der Waals surface area contributed by atoms with E-state index in [1.165, 1.54) is 0 Å². The zero-order valence-corrected chi connectivity index (χ0v) is 13.9. The number of carbonyl (C=O) groups excluding carboxylic acids is 1. The maximum Gasteiger partial charge on any atom is 0.248 e. The summed E-state index contributed by atoms with van der Waals surface area (Å²) >= 11 is 0. The van der Waals surface area contributed by atoms with Crippen LogP contribution in [0.25, 0.3) is 11.3 Å². The summed E-state index contributed by atoms with van der Waals surface area (Å²) in [5.41, 5.74) is 3.28. The molecule has 1 amide bonds. The molecule has 0 atom stereocenters. The number of benzene rings is 1. The standard InChI is InChI=1S/C18H25N3O2/c1-21(18(22)14-23-2)12-8-4-7-11-16-13-17(20-19-16)15-9-5-3-6-10-15/h3,5-6,9-10,13H,4,7-8,11-12,14H2,1-2H3,(H,19,20). The molecular weight excluding hydrogens is 290 g/mol. The fraction of sp³-hybridized carbons (Fsp3) is 0.444. The summed E-state index contributed by atoms with van der Waals surface area (Å²) < 4.78 is 4.85. The number of unbranched alkanes of at least 4 members (excludes halogenated alkanes) is 2. The minimum atomic E-state index is 0.0357. The first-order chi connectivity index (χ1) is 11.2. The summed E-state index contributed by atoms with van der Waals surface area (Å²) in [6.45, 7) is 0.938. The van der Waals surface area contributed by atoms with Gasteiger partial charge in [0.2, 0.25) is 5.91 Å². The van der Waals surface area contributed by atoms with Crippen molar-refractivity contribution in [2.75, 3.05) is 27.3 Å². The number of hydrogen-bond acceptors (Lipinski definition) is 3. The molecule has 0 aliphatic heterocycles. The number of hydrogen-bond donors (Lipinski definition) is 1. The van der Waals surface area contributed by atoms with E-state index in [4.69, 9.17) is 4.74 Å². The molecule has 0 radical (unpaired) electrons. The number of aromatic amines is 1. The van der Waals surface area contributed by atoms with Crippen LogP contribution >= 0.6 is 0 Å². The first kappa shape index (κ1) is 17.2. The molecule has 0 fully saturated rings. The van der Waals surface area contributed by atoms with Gasteiger partial charge < -0.3 is 9.64 Å². The molecule has 0 bridgehead atoms. The average molecular weight is 315 g/mol. The van der Waals surface area contributed by atoms with Crippen LogP contribution in [-0.2, 0) is 16.0 Å². The number of ether oxygens (including phenoxy) is 1. The van der Waals surface area contributed by atoms with Gasteiger partial charge in [-0.15, -0.1) is 0 Å². The smallest absolute Gasteiger partial charge is 0.248 e. The number of H-pyrrole nitrogens is 1. The Kier molecular flexibility index (Phi) is 6.81. The summed E-state index contributed by atoms with van der Waals surface area (Å²) in [6, 6.07) is 12.3. The summed E-state index contributed by atoms with van der Waals surface area (Å²) in [4.78, 5) is 13.3. The maximum atomic E-state index is 11.6. The first-order valence-electron chi connectivity index (χ1n) is 8.03. The Bertz CT molecular complexity index is 595. The Morgan fingerprint density at radius 1 is 1.22 bits per heavy atom. The third kappa shape index (κ3) is 5.53. The second kappa shape index (κ2) is 9.10. The molecule has 0 aliphatic rings. The topological polar surface area (TPSA) is 58.2 Å². The molecule has 1 aromatic heterocycles. The molecule has 1 aromatic carbocycles. The predicted octanol–water partition coefficient (Wildman–Crippen LogP) is 2.89. The number of aryl methyl sites for hydroxylation is 1. The Labute approximate surface area is 137 Å². The number of nitrogens with zero attached hydrogens (tertiary/aromatic N) is 2. The lowest BCUT2D eigenvalue weighted by molar-refractivity contribution is -0.133. The van der Waals surface area contributed by atoms with Crippen molar-refractivity contribution in [3.8, 4) is 11.3 Å². The number of methoxy groups -OCH3 is 1. The van der Waals surface area contributed by atoms with Gasteiger partial charge in [-0.2, -0.15) is 5.10 Å². The van der Waals surface area contributed by atoms with E-state index in [0.29, 0.717) is 0 Å². The molecular formula is C18H25N3O2. The SMILES string of the molecule is COCC(=O)N(C)CCCCCc1cc(-c2ccccc2)n[nH]1. The maximum absolute atomic E-state index is 11.6. The summed E-state index contributed by atoms with van der Waals surface area (Å²) in [6.07, 6.45) is 4.16. The van der Waals surface area contributed by atoms with Gasteiger partial charge in [-0.05, 0) is 25.3 Å². The molecule has 2 aromatic rings. The van der Waals surface area contributed by atoms with Crippen molar-refractivity contribution in [3.05, 3.63) is 42.1 Å². The van der Waals surface area contributed by atoms with Gasteiger partial charge in [0.05, 0.1) is 5.69 Å². The Hall–Kier alpha value is -2.14. The number of aromatic nitrogens is 2. The molecule has 0 unspecified atom stereocenters. The van der Waals surface area contributed by atoms with E-state index in [9.17, 15) is 4.79 Å². The van der Waals surface area contributed by atoms with Crippen LogP contribution in [0.4, 0.5) is 0 Å². The monoisotopic (exact) mass is 315 g/mol. The molecule has 124 valence electrons. The van der Waals surface area contributed by atoms with E-state index in [0.717, 1.165) is 49.2 Å². The van der Waals surface area contributed by atoms with Crippen molar-refractivity contribution in [2.24, 2.45) is 0 Å². The van der Waals surface area contributed by atoms with Gasteiger partial charge in [0, 0.05) is 32.0 Å². The lowest BCUT2D eigenvalue weighted by Gasteiger charge is -2.16. The molecule has 0 saturated heterocycles. The molecule has 1 N–H and O–H groups in total. The molecule has 0 spiro atoms. The van der Waals surface area contributed by atoms with Crippen LogP contribution in [0.2, 0.25) is 0 Å². The molecule has 5 heteroatoms. The van der Waals surface area contributed by atoms with Gasteiger partial charge in [0.15, 0.2) is 0 Å². The number of nitrogens with one attached hydrogen (secondary N) is 1. The molecule has 0 saturated carbocycles. The fourth-order valence-corrected chi connectivity index (χ4v) is 2.45. The van der Waals surface area contributed by atoms with Crippen LogP contribution in [0.3, 0.4) is 0 Å². The summed E-state index contributed by atoms with van der Waals surface area (Å²) in [5, 5.41) is 7.47. The largest absolute Gasteiger partial charge is 0.375 e. The van der Waals surface area contributed by atoms with Gasteiger partial charge in [-0.1, -0.05) is 36.8 Å². The number of likely N-dealkylation sites (N-methyl/N-ethyl adjacent to an activating group) is 1. The van der Waals surface area contributed by atoms with Crippen LogP contribution in [-0.4, -0.2) is 48.3 Å². The van der Waals surface area contributed by atoms with E-state index >= 15 is 0 Å². The zero-order chi connectivity index (χ0) is 16.5. The zero-order valence-electron chi connectivity index (χ0n) is 13.9. The average Bonchev–Trinajstić information content (AvgIpc) is 3.04. The molecule has 5 nitrogen and oxygen atoms in total. The van der Waals surface area contributed by atoms with Crippen LogP contribution in [0, 0.1) is 0 Å². The Morgan fingerprint density at radius 3 is 2.74 bits per heavy atom. The van der Waals surface area contributed by atoms with Crippen molar-refractivity contribution in [2.45, 2.75) is 25.7 Å². The van der Waals surface area contributed by atoms with E-state index in [1.54, 1.807) is 12.0 Å². The Morgan fingerprint density at radius 2 is 2.00 bits per heavy atom. The highest BCUT2D eigenvalue weighted by Crippen LogP contribution is 2.17. The van der Waals surface area contributed by atoms with Gasteiger partial charge >= 0.3 is 0 Å². The quantitative estimate of drug-likeness (QED) is 0.724. The second-order valence-corrected chi connectivity index (χ2v) is 5.70. The van der Waals surface area contributed by atoms with Crippen LogP contribution in [0.1, 0.15) is 25.0 Å². The predicted molar refractivity (Wildman–Crippen MR) is 91.1 cm³/mol. The van der Waals surface area contributed by atoms with Gasteiger partial charge in [0.25, 0.3) is 0 Å². The van der Waals surface area contributed by atoms with E-state index in [-0.39, 0.29) is 12.5 Å². The highest BCUT2D eigenvalue weighted by molar-refractivity contribution is 5.77. The third-order valence-electron chi connectivity index (χ3n) is 3.83. The fourth-order valence-electron chi connectivity index (χ4n) is 2.45. The minimum absolute atomic E-state index is 0.0357. The van der Waals surface area contributed by atoms with E-state index in [1.807, 2.05) is 25.2 Å². The molecule has 23 heavy (non-hydrogen) atoms. The third-order valence-corrected chi connectivity index (χ3v) is 3.83. The van der Waals surface area contributed by atoms with E-state index in [2.05, 4.69) is 28.4 Å². The van der Waals surface area contributed by atoms with Crippen LogP contribution in [0.15, 0.2) is 36.4 Å². The van der Waals surface area contributed by atoms with Gasteiger partial charge in [-0.3, -0.25) is 9.89 Å². The second-order valence-electron chi connectivity index (χ2n) is 5.70. The van der Waals surface area contributed by atoms with E-state index < -0.39 is 0 Å². The van der Waals surface area contributed by atoms with Gasteiger partial charge in [0.1, 0.15) is 6.61 Å². The van der Waals surface area contributed by atoms with Crippen molar-refractivity contribution < 1.29 is 9.53 Å². The molecule has 2 rings (SSSR count). The van der Waals surface area contributed by atoms with Crippen molar-refractivity contribution in [3.63, 3.8) is 0 Å². The molecule has 0 aliphatic carbocycles. The Balaban J connectivity index is 1.67. The number of carbonyl (C=O) groups is 1. The molecule has 1 heterocycles. The summed E-state index contributed by atoms with van der Waals surface area (Å²) in [5.74, 6) is 0.0357. The first-order valence-corrected chi connectivity index (χ1v) is 8.03. The number of amides is 1. The minimum Gasteiger partial charge on any atom is -0.375 e. The van der Waals surface area contributed by atoms with Crippen LogP contribution in [0.5, 0.6) is 0 Å². The van der Waals surface area contributed by atoms with Crippen LogP contribution < -0.4 is 0 Å². The lowest BCUT2D eigenvalue weighted by atomic mass is 10.1. The van der Waals surface area contributed by atoms with Crippen molar-refractivity contribution in [1.82, 2.24) is 15.1 Å². The van der Waals surface area contributed by atoms with Crippen molar-refractivity contribution >= 4 is 5.91 Å². The normalized spacial score (nSPS) is 10.7.